The molecule has 0 saturated carbocycles. The summed E-state index contributed by atoms with van der Waals surface area (Å²) in [5, 5.41) is 1.04. The van der Waals surface area contributed by atoms with Crippen molar-refractivity contribution in [3.8, 4) is 5.88 Å². The van der Waals surface area contributed by atoms with Crippen molar-refractivity contribution in [1.82, 2.24) is 14.3 Å². The lowest BCUT2D eigenvalue weighted by molar-refractivity contribution is 0.207. The van der Waals surface area contributed by atoms with Crippen LogP contribution in [0.5, 0.6) is 5.88 Å². The summed E-state index contributed by atoms with van der Waals surface area (Å²) in [6, 6.07) is 14.8. The Hall–Kier alpha value is -2.51. The Balaban J connectivity index is 1.49. The summed E-state index contributed by atoms with van der Waals surface area (Å²) in [7, 11) is -3.53. The summed E-state index contributed by atoms with van der Waals surface area (Å²) in [4.78, 5) is 8.58. The molecule has 0 spiro atoms. The summed E-state index contributed by atoms with van der Waals surface area (Å²) in [6.45, 7) is 0.737. The zero-order valence-corrected chi connectivity index (χ0v) is 14.3. The number of nitrogens with zero attached hydrogens (tertiary/aromatic N) is 3. The molecule has 7 heteroatoms. The highest BCUT2D eigenvalue weighted by Crippen LogP contribution is 2.24. The summed E-state index contributed by atoms with van der Waals surface area (Å²) in [6.07, 6.45) is 3.35. The van der Waals surface area contributed by atoms with E-state index in [1.165, 1.54) is 10.5 Å². The molecular weight excluding hydrogens is 338 g/mol. The first kappa shape index (κ1) is 16.0. The van der Waals surface area contributed by atoms with Gasteiger partial charge in [0.1, 0.15) is 11.0 Å². The minimum Gasteiger partial charge on any atom is -0.473 e. The molecule has 2 aromatic heterocycles. The fourth-order valence-corrected chi connectivity index (χ4v) is 4.40. The number of sulfonamides is 1. The van der Waals surface area contributed by atoms with Gasteiger partial charge < -0.3 is 4.74 Å². The molecule has 0 radical (unpaired) electrons. The Morgan fingerprint density at radius 2 is 1.96 bits per heavy atom. The number of hydrogen-bond acceptors (Lipinski definition) is 5. The molecule has 1 aliphatic heterocycles. The zero-order valence-electron chi connectivity index (χ0n) is 13.4. The third kappa shape index (κ3) is 3.20. The largest absolute Gasteiger partial charge is 0.473 e. The van der Waals surface area contributed by atoms with Gasteiger partial charge in [0.25, 0.3) is 0 Å². The van der Waals surface area contributed by atoms with Gasteiger partial charge in [0.15, 0.2) is 0 Å². The smallest absolute Gasteiger partial charge is 0.244 e. The fraction of sp³-hybridized carbons (Fsp3) is 0.222. The van der Waals surface area contributed by atoms with E-state index in [1.54, 1.807) is 18.3 Å². The molecule has 1 aromatic carbocycles. The predicted octanol–water partition coefficient (Wildman–Crippen LogP) is 2.47. The van der Waals surface area contributed by atoms with Crippen molar-refractivity contribution in [2.45, 2.75) is 17.4 Å². The van der Waals surface area contributed by atoms with E-state index in [1.807, 2.05) is 36.4 Å². The van der Waals surface area contributed by atoms with E-state index in [4.69, 9.17) is 4.74 Å². The van der Waals surface area contributed by atoms with E-state index < -0.39 is 10.0 Å². The topological polar surface area (TPSA) is 72.4 Å². The van der Waals surface area contributed by atoms with Crippen LogP contribution in [0.15, 0.2) is 65.8 Å². The fourth-order valence-electron chi connectivity index (χ4n) is 2.94. The van der Waals surface area contributed by atoms with Gasteiger partial charge in [-0.2, -0.15) is 4.31 Å². The first-order chi connectivity index (χ1) is 12.1. The molecule has 0 N–H and O–H groups in total. The molecule has 3 aromatic rings. The van der Waals surface area contributed by atoms with Gasteiger partial charge in [0.05, 0.1) is 12.1 Å². The van der Waals surface area contributed by atoms with Gasteiger partial charge in [-0.25, -0.2) is 13.4 Å². The molecule has 1 unspecified atom stereocenters. The van der Waals surface area contributed by atoms with Gasteiger partial charge >= 0.3 is 0 Å². The van der Waals surface area contributed by atoms with Crippen molar-refractivity contribution in [3.63, 3.8) is 0 Å². The average Bonchev–Trinajstić information content (AvgIpc) is 3.12. The lowest BCUT2D eigenvalue weighted by Gasteiger charge is -2.17. The summed E-state index contributed by atoms with van der Waals surface area (Å²) in [5.41, 5.74) is 0.859. The zero-order chi connectivity index (χ0) is 17.3. The monoisotopic (exact) mass is 355 g/mol. The van der Waals surface area contributed by atoms with Crippen LogP contribution in [-0.4, -0.2) is 41.9 Å². The van der Waals surface area contributed by atoms with Crippen LogP contribution in [0.1, 0.15) is 6.42 Å². The molecule has 0 amide bonds. The Morgan fingerprint density at radius 3 is 2.80 bits per heavy atom. The normalized spacial score (nSPS) is 18.5. The van der Waals surface area contributed by atoms with Crippen molar-refractivity contribution < 1.29 is 13.2 Å². The number of ether oxygens (including phenoxy) is 1. The van der Waals surface area contributed by atoms with E-state index in [9.17, 15) is 8.42 Å². The van der Waals surface area contributed by atoms with Crippen molar-refractivity contribution in [1.29, 1.82) is 0 Å². The van der Waals surface area contributed by atoms with Crippen molar-refractivity contribution in [2.24, 2.45) is 0 Å². The van der Waals surface area contributed by atoms with Gasteiger partial charge in [-0.05, 0) is 30.7 Å². The predicted molar refractivity (Wildman–Crippen MR) is 93.8 cm³/mol. The highest BCUT2D eigenvalue weighted by molar-refractivity contribution is 7.89. The van der Waals surface area contributed by atoms with Crippen molar-refractivity contribution in [2.75, 3.05) is 13.1 Å². The number of aromatic nitrogens is 2. The Kier molecular flexibility index (Phi) is 4.10. The molecule has 6 nitrogen and oxygen atoms in total. The third-order valence-corrected chi connectivity index (χ3v) is 6.09. The third-order valence-electron chi connectivity index (χ3n) is 4.24. The molecule has 3 heterocycles. The molecule has 128 valence electrons. The molecule has 1 atom stereocenters. The second-order valence-corrected chi connectivity index (χ2v) is 7.86. The number of hydrogen-bond donors (Lipinski definition) is 0. The number of rotatable bonds is 4. The van der Waals surface area contributed by atoms with Gasteiger partial charge in [-0.15, -0.1) is 0 Å². The van der Waals surface area contributed by atoms with Crippen LogP contribution < -0.4 is 4.74 Å². The lowest BCUT2D eigenvalue weighted by atomic mass is 10.2. The lowest BCUT2D eigenvalue weighted by Crippen LogP contribution is -2.31. The van der Waals surface area contributed by atoms with Crippen LogP contribution in [0, 0.1) is 0 Å². The molecule has 1 saturated heterocycles. The first-order valence-electron chi connectivity index (χ1n) is 8.05. The minimum absolute atomic E-state index is 0.208. The number of benzene rings is 1. The molecule has 0 bridgehead atoms. The van der Waals surface area contributed by atoms with Gasteiger partial charge in [0, 0.05) is 30.4 Å². The minimum atomic E-state index is -3.53. The number of fused-ring (bicyclic) bond motifs is 1. The van der Waals surface area contributed by atoms with Gasteiger partial charge in [-0.1, -0.05) is 18.2 Å². The highest BCUT2D eigenvalue weighted by Gasteiger charge is 2.33. The van der Waals surface area contributed by atoms with Gasteiger partial charge in [-0.3, -0.25) is 4.98 Å². The summed E-state index contributed by atoms with van der Waals surface area (Å²) in [5.74, 6) is 0.518. The maximum atomic E-state index is 12.6. The van der Waals surface area contributed by atoms with Crippen LogP contribution in [0.25, 0.3) is 10.9 Å². The van der Waals surface area contributed by atoms with E-state index >= 15 is 0 Å². The van der Waals surface area contributed by atoms with E-state index in [0.717, 1.165) is 10.9 Å². The van der Waals surface area contributed by atoms with Crippen LogP contribution in [0.4, 0.5) is 0 Å². The average molecular weight is 355 g/mol. The van der Waals surface area contributed by atoms with Crippen LogP contribution >= 0.6 is 0 Å². The second kappa shape index (κ2) is 6.42. The van der Waals surface area contributed by atoms with E-state index in [0.29, 0.717) is 25.4 Å². The SMILES string of the molecule is O=S(=O)(c1cccnc1)N1CCC(Oc2ccc3ccccc3n2)C1. The molecule has 4 rings (SSSR count). The standard InChI is InChI=1S/C18H17N3O3S/c22-25(23,16-5-3-10-19-12-16)21-11-9-15(13-21)24-18-8-7-14-4-1-2-6-17(14)20-18/h1-8,10,12,15H,9,11,13H2. The molecular formula is C18H17N3O3S. The number of para-hydroxylation sites is 1. The van der Waals surface area contributed by atoms with Crippen LogP contribution in [0.3, 0.4) is 0 Å². The van der Waals surface area contributed by atoms with Crippen molar-refractivity contribution >= 4 is 20.9 Å². The number of pyridine rings is 2. The second-order valence-electron chi connectivity index (χ2n) is 5.92. The maximum absolute atomic E-state index is 12.6. The van der Waals surface area contributed by atoms with Crippen LogP contribution in [-0.2, 0) is 10.0 Å². The maximum Gasteiger partial charge on any atom is 0.244 e. The quantitative estimate of drug-likeness (QED) is 0.719. The highest BCUT2D eigenvalue weighted by atomic mass is 32.2. The molecule has 1 fully saturated rings. The Morgan fingerprint density at radius 1 is 1.08 bits per heavy atom. The van der Waals surface area contributed by atoms with E-state index in [-0.39, 0.29) is 11.0 Å². The van der Waals surface area contributed by atoms with E-state index in [2.05, 4.69) is 9.97 Å². The molecule has 25 heavy (non-hydrogen) atoms. The first-order valence-corrected chi connectivity index (χ1v) is 9.49. The van der Waals surface area contributed by atoms with Crippen molar-refractivity contribution in [3.05, 3.63) is 60.9 Å². The van der Waals surface area contributed by atoms with Gasteiger partial charge in [0.2, 0.25) is 15.9 Å². The summed E-state index contributed by atoms with van der Waals surface area (Å²) < 4.78 is 32.6. The molecule has 1 aliphatic rings. The Bertz CT molecular complexity index is 993. The van der Waals surface area contributed by atoms with Crippen LogP contribution in [0.2, 0.25) is 0 Å². The summed E-state index contributed by atoms with van der Waals surface area (Å²) >= 11 is 0. The Labute approximate surface area is 146 Å². The molecule has 0 aliphatic carbocycles.